The van der Waals surface area contributed by atoms with Crippen molar-refractivity contribution in [2.24, 2.45) is 46.3 Å². The number of rotatable bonds is 8. The van der Waals surface area contributed by atoms with Gasteiger partial charge in [-0.1, -0.05) is 27.7 Å². The van der Waals surface area contributed by atoms with Crippen molar-refractivity contribution in [3.05, 3.63) is 0 Å². The summed E-state index contributed by atoms with van der Waals surface area (Å²) >= 11 is 0. The van der Waals surface area contributed by atoms with Crippen LogP contribution in [-0.4, -0.2) is 47.1 Å². The van der Waals surface area contributed by atoms with Crippen LogP contribution in [0, 0.1) is 46.3 Å². The van der Waals surface area contributed by atoms with Gasteiger partial charge in [0.1, 0.15) is 0 Å². The Morgan fingerprint density at radius 2 is 1.64 bits per heavy atom. The Balaban J connectivity index is 1.34. The summed E-state index contributed by atoms with van der Waals surface area (Å²) in [5.74, 6) is 2.00. The van der Waals surface area contributed by atoms with Gasteiger partial charge < -0.3 is 19.7 Å². The van der Waals surface area contributed by atoms with Gasteiger partial charge in [0.25, 0.3) is 0 Å². The summed E-state index contributed by atoms with van der Waals surface area (Å²) in [7, 11) is 0. The van der Waals surface area contributed by atoms with Crippen molar-refractivity contribution in [3.63, 3.8) is 0 Å². The fourth-order valence-electron chi connectivity index (χ4n) is 9.28. The zero-order chi connectivity index (χ0) is 26.3. The molecule has 2 N–H and O–H groups in total. The molecule has 2 unspecified atom stereocenters. The van der Waals surface area contributed by atoms with E-state index in [0.717, 1.165) is 44.9 Å². The molecule has 4 rings (SSSR count). The largest absolute Gasteiger partial charge is 0.460 e. The van der Waals surface area contributed by atoms with Crippen LogP contribution in [0.3, 0.4) is 0 Å². The van der Waals surface area contributed by atoms with Crippen molar-refractivity contribution in [2.45, 2.75) is 124 Å². The highest BCUT2D eigenvalue weighted by Crippen LogP contribution is 2.68. The molecule has 0 heterocycles. The molecular weight excluding hydrogens is 456 g/mol. The fourth-order valence-corrected chi connectivity index (χ4v) is 9.28. The van der Waals surface area contributed by atoms with E-state index in [-0.39, 0.29) is 41.7 Å². The molecule has 0 aromatic carbocycles. The molecule has 6 nitrogen and oxygen atoms in total. The maximum Gasteiger partial charge on any atom is 0.344 e. The number of esters is 2. The molecule has 11 atom stereocenters. The molecule has 4 fully saturated rings. The topological polar surface area (TPSA) is 93.1 Å². The molecular formula is C30H50O6. The van der Waals surface area contributed by atoms with Gasteiger partial charge >= 0.3 is 11.9 Å². The third-order valence-electron chi connectivity index (χ3n) is 11.5. The molecule has 0 aliphatic heterocycles. The first kappa shape index (κ1) is 27.9. The van der Waals surface area contributed by atoms with Gasteiger partial charge in [-0.3, -0.25) is 4.79 Å². The van der Waals surface area contributed by atoms with Crippen molar-refractivity contribution in [1.29, 1.82) is 0 Å². The molecule has 206 valence electrons. The Morgan fingerprint density at radius 1 is 0.944 bits per heavy atom. The molecule has 0 amide bonds. The van der Waals surface area contributed by atoms with Gasteiger partial charge in [-0.2, -0.15) is 0 Å². The van der Waals surface area contributed by atoms with E-state index in [4.69, 9.17) is 9.47 Å². The van der Waals surface area contributed by atoms with E-state index in [1.165, 1.54) is 19.3 Å². The molecule has 0 radical (unpaired) electrons. The van der Waals surface area contributed by atoms with Crippen LogP contribution < -0.4 is 0 Å². The lowest BCUT2D eigenvalue weighted by Gasteiger charge is -2.62. The van der Waals surface area contributed by atoms with Gasteiger partial charge in [0.2, 0.25) is 0 Å². The molecule has 0 spiro atoms. The molecule has 4 aliphatic carbocycles. The molecule has 0 bridgehead atoms. The Labute approximate surface area is 217 Å². The number of carbonyl (C=O) groups is 2. The van der Waals surface area contributed by atoms with Gasteiger partial charge in [-0.15, -0.1) is 0 Å². The number of ether oxygens (including phenoxy) is 2. The van der Waals surface area contributed by atoms with Crippen molar-refractivity contribution in [3.8, 4) is 0 Å². The highest BCUT2D eigenvalue weighted by Gasteiger charge is 2.62. The molecule has 0 saturated heterocycles. The Hall–Kier alpha value is -1.14. The third-order valence-corrected chi connectivity index (χ3v) is 11.5. The summed E-state index contributed by atoms with van der Waals surface area (Å²) in [5, 5.41) is 21.7. The van der Waals surface area contributed by atoms with Crippen molar-refractivity contribution in [2.75, 3.05) is 6.61 Å². The van der Waals surface area contributed by atoms with E-state index in [1.54, 1.807) is 0 Å². The second-order valence-corrected chi connectivity index (χ2v) is 13.3. The van der Waals surface area contributed by atoms with Crippen LogP contribution in [0.1, 0.15) is 105 Å². The lowest BCUT2D eigenvalue weighted by Crippen LogP contribution is -2.58. The average Bonchev–Trinajstić information content (AvgIpc) is 3.19. The number of aliphatic hydroxyl groups is 2. The van der Waals surface area contributed by atoms with Gasteiger partial charge in [0.05, 0.1) is 18.3 Å². The number of hydrogen-bond acceptors (Lipinski definition) is 6. The third kappa shape index (κ3) is 5.23. The molecule has 4 aliphatic rings. The van der Waals surface area contributed by atoms with E-state index in [2.05, 4.69) is 20.8 Å². The normalized spacial score (nSPS) is 43.5. The molecule has 0 aromatic rings. The monoisotopic (exact) mass is 506 g/mol. The predicted octanol–water partition coefficient (Wildman–Crippen LogP) is 5.28. The highest BCUT2D eigenvalue weighted by atomic mass is 16.6. The zero-order valence-corrected chi connectivity index (χ0v) is 23.2. The van der Waals surface area contributed by atoms with Crippen LogP contribution in [0.4, 0.5) is 0 Å². The van der Waals surface area contributed by atoms with Crippen LogP contribution in [0.15, 0.2) is 0 Å². The Morgan fingerprint density at radius 3 is 2.36 bits per heavy atom. The van der Waals surface area contributed by atoms with Gasteiger partial charge in [-0.25, -0.2) is 4.79 Å². The lowest BCUT2D eigenvalue weighted by molar-refractivity contribution is -0.174. The van der Waals surface area contributed by atoms with Crippen molar-refractivity contribution in [1.82, 2.24) is 0 Å². The number of fused-ring (bicyclic) bond motifs is 5. The summed E-state index contributed by atoms with van der Waals surface area (Å²) in [4.78, 5) is 24.1. The minimum absolute atomic E-state index is 0.164. The van der Waals surface area contributed by atoms with E-state index in [1.807, 2.05) is 13.8 Å². The number of carbonyl (C=O) groups excluding carboxylic acids is 2. The first-order valence-corrected chi connectivity index (χ1v) is 14.7. The van der Waals surface area contributed by atoms with Crippen molar-refractivity contribution >= 4 is 11.9 Å². The maximum absolute atomic E-state index is 12.3. The number of hydrogen-bond donors (Lipinski definition) is 2. The molecule has 36 heavy (non-hydrogen) atoms. The highest BCUT2D eigenvalue weighted by molar-refractivity contribution is 5.76. The van der Waals surface area contributed by atoms with Gasteiger partial charge in [-0.05, 0) is 117 Å². The van der Waals surface area contributed by atoms with Gasteiger partial charge in [0, 0.05) is 6.42 Å². The summed E-state index contributed by atoms with van der Waals surface area (Å²) in [6.45, 7) is 10.6. The molecule has 4 saturated carbocycles. The van der Waals surface area contributed by atoms with E-state index < -0.39 is 5.97 Å². The zero-order valence-electron chi connectivity index (χ0n) is 23.2. The summed E-state index contributed by atoms with van der Waals surface area (Å²) in [6, 6.07) is 0. The van der Waals surface area contributed by atoms with Crippen LogP contribution in [0.2, 0.25) is 0 Å². The summed E-state index contributed by atoms with van der Waals surface area (Å²) in [6.07, 6.45) is 9.57. The average molecular weight is 507 g/mol. The first-order valence-electron chi connectivity index (χ1n) is 14.7. The van der Waals surface area contributed by atoms with Crippen LogP contribution in [0.25, 0.3) is 0 Å². The van der Waals surface area contributed by atoms with Crippen molar-refractivity contribution < 1.29 is 29.3 Å². The van der Waals surface area contributed by atoms with Crippen LogP contribution >= 0.6 is 0 Å². The van der Waals surface area contributed by atoms with Crippen LogP contribution in [-0.2, 0) is 19.1 Å². The quantitative estimate of drug-likeness (QED) is 0.435. The summed E-state index contributed by atoms with van der Waals surface area (Å²) < 4.78 is 10.4. The SMILES string of the molecule is CCC(C)OC(=O)COC(=O)CC[C@@H](C)[C@H]1CC[C@H]2[C@@H]3[C@@H](O)CC4C[C@@H](O)CC[C@]4(C)[C@H]3CC[C@]12C. The van der Waals surface area contributed by atoms with E-state index >= 15 is 0 Å². The van der Waals surface area contributed by atoms with Crippen LogP contribution in [0.5, 0.6) is 0 Å². The fraction of sp³-hybridized carbons (Fsp3) is 0.933. The molecule has 0 aromatic heterocycles. The standard InChI is InChI=1S/C30H50O6/c1-6-19(3)36-27(34)17-35-26(33)10-7-18(2)22-8-9-23-28-24(12-14-30(22,23)5)29(4)13-11-21(31)15-20(29)16-25(28)32/h18-25,28,31-32H,6-17H2,1-5H3/t18-,19?,20?,21+,22-,23+,24+,25+,28+,29+,30-/m1/s1. The first-order chi connectivity index (χ1) is 17.0. The number of aliphatic hydroxyl groups excluding tert-OH is 2. The Bertz CT molecular complexity index is 798. The smallest absolute Gasteiger partial charge is 0.344 e. The lowest BCUT2D eigenvalue weighted by atomic mass is 9.43. The Kier molecular flexibility index (Phi) is 8.46. The van der Waals surface area contributed by atoms with E-state index in [9.17, 15) is 19.8 Å². The predicted molar refractivity (Wildman–Crippen MR) is 138 cm³/mol. The molecule has 6 heteroatoms. The minimum Gasteiger partial charge on any atom is -0.460 e. The van der Waals surface area contributed by atoms with Gasteiger partial charge in [0.15, 0.2) is 6.61 Å². The summed E-state index contributed by atoms with van der Waals surface area (Å²) in [5.41, 5.74) is 0.441. The minimum atomic E-state index is -0.483. The second-order valence-electron chi connectivity index (χ2n) is 13.3. The second kappa shape index (κ2) is 10.9. The maximum atomic E-state index is 12.3. The van der Waals surface area contributed by atoms with E-state index in [0.29, 0.717) is 41.9 Å².